The molecule has 0 saturated heterocycles. The van der Waals surface area contributed by atoms with Crippen LogP contribution in [0.2, 0.25) is 0 Å². The van der Waals surface area contributed by atoms with Gasteiger partial charge in [-0.3, -0.25) is 9.59 Å². The molecule has 8 heteroatoms. The summed E-state index contributed by atoms with van der Waals surface area (Å²) in [6.07, 6.45) is 0.951. The highest BCUT2D eigenvalue weighted by Crippen LogP contribution is 2.66. The minimum absolute atomic E-state index is 0.118. The number of hydrogen-bond donors (Lipinski definition) is 2. The molecule has 1 fully saturated rings. The van der Waals surface area contributed by atoms with Crippen molar-refractivity contribution in [2.75, 3.05) is 12.4 Å². The van der Waals surface area contributed by atoms with Crippen molar-refractivity contribution in [1.29, 1.82) is 0 Å². The van der Waals surface area contributed by atoms with Crippen molar-refractivity contribution >= 4 is 55.1 Å². The van der Waals surface area contributed by atoms with Gasteiger partial charge in [-0.1, -0.05) is 56.1 Å². The second-order valence-corrected chi connectivity index (χ2v) is 11.3. The Hall–Kier alpha value is -2.19. The molecule has 158 valence electrons. The number of carbonyl (C=O) groups is 2. The van der Waals surface area contributed by atoms with E-state index in [-0.39, 0.29) is 21.5 Å². The summed E-state index contributed by atoms with van der Waals surface area (Å²) >= 11 is 6.97. The molecule has 0 radical (unpaired) electrons. The van der Waals surface area contributed by atoms with Gasteiger partial charge in [-0.05, 0) is 55.7 Å². The number of anilines is 1. The maximum absolute atomic E-state index is 12.4. The van der Waals surface area contributed by atoms with Gasteiger partial charge in [0.05, 0.1) is 27.9 Å². The average Bonchev–Trinajstić information content (AvgIpc) is 3.25. The molecule has 3 rings (SSSR count). The molecule has 2 aromatic carbocycles. The third-order valence-electron chi connectivity index (χ3n) is 5.17. The predicted octanol–water partition coefficient (Wildman–Crippen LogP) is 4.61. The van der Waals surface area contributed by atoms with Crippen LogP contribution in [0.3, 0.4) is 0 Å². The van der Waals surface area contributed by atoms with Crippen molar-refractivity contribution in [3.05, 3.63) is 59.7 Å². The van der Waals surface area contributed by atoms with Crippen LogP contribution in [0, 0.1) is 5.41 Å². The smallest absolute Gasteiger partial charge is 0.248 e. The number of nitrogens with zero attached hydrogens (tertiary/aromatic N) is 1. The Morgan fingerprint density at radius 3 is 2.43 bits per heavy atom. The van der Waals surface area contributed by atoms with Crippen molar-refractivity contribution in [1.82, 2.24) is 5.43 Å². The molecular weight excluding hydrogens is 514 g/mol. The van der Waals surface area contributed by atoms with Crippen molar-refractivity contribution in [3.63, 3.8) is 0 Å². The summed E-state index contributed by atoms with van der Waals surface area (Å²) < 4.78 is 4.76. The fourth-order valence-electron chi connectivity index (χ4n) is 2.92. The van der Waals surface area contributed by atoms with Crippen LogP contribution in [0.15, 0.2) is 53.6 Å². The van der Waals surface area contributed by atoms with Crippen molar-refractivity contribution < 1.29 is 14.3 Å². The lowest BCUT2D eigenvalue weighted by Gasteiger charge is -2.11. The summed E-state index contributed by atoms with van der Waals surface area (Å²) in [6.45, 7) is 3.68. The Morgan fingerprint density at radius 2 is 1.83 bits per heavy atom. The molecule has 1 aliphatic carbocycles. The number of alkyl halides is 2. The van der Waals surface area contributed by atoms with Gasteiger partial charge in [0.25, 0.3) is 0 Å². The normalized spacial score (nSPS) is 19.7. The van der Waals surface area contributed by atoms with Gasteiger partial charge < -0.3 is 10.1 Å². The van der Waals surface area contributed by atoms with Gasteiger partial charge in [-0.15, -0.1) is 0 Å². The zero-order valence-corrected chi connectivity index (χ0v) is 20.1. The first-order valence-corrected chi connectivity index (χ1v) is 11.0. The first-order valence-electron chi connectivity index (χ1n) is 9.40. The second-order valence-electron chi connectivity index (χ2n) is 7.51. The Balaban J connectivity index is 1.60. The van der Waals surface area contributed by atoms with E-state index in [2.05, 4.69) is 47.7 Å². The van der Waals surface area contributed by atoms with Crippen LogP contribution in [0.1, 0.15) is 31.4 Å². The number of rotatable bonds is 7. The van der Waals surface area contributed by atoms with Crippen LogP contribution in [0.5, 0.6) is 5.75 Å². The molecule has 0 unspecified atom stereocenters. The van der Waals surface area contributed by atoms with Gasteiger partial charge in [-0.2, -0.15) is 5.10 Å². The summed E-state index contributed by atoms with van der Waals surface area (Å²) in [4.78, 5) is 24.7. The summed E-state index contributed by atoms with van der Waals surface area (Å²) in [5, 5.41) is 7.12. The summed E-state index contributed by atoms with van der Waals surface area (Å²) in [7, 11) is 1.61. The van der Waals surface area contributed by atoms with Gasteiger partial charge in [0.15, 0.2) is 0 Å². The van der Waals surface area contributed by atoms with E-state index < -0.39 is 5.41 Å². The van der Waals surface area contributed by atoms with E-state index in [4.69, 9.17) is 4.74 Å². The lowest BCUT2D eigenvalue weighted by molar-refractivity contribution is -0.125. The summed E-state index contributed by atoms with van der Waals surface area (Å²) in [5.74, 6) is 0.481. The van der Waals surface area contributed by atoms with E-state index in [0.29, 0.717) is 17.8 Å². The monoisotopic (exact) mass is 535 g/mol. The van der Waals surface area contributed by atoms with Gasteiger partial charge >= 0.3 is 0 Å². The highest BCUT2D eigenvalue weighted by atomic mass is 79.9. The number of amides is 2. The predicted molar refractivity (Wildman–Crippen MR) is 125 cm³/mol. The Labute approximate surface area is 192 Å². The highest BCUT2D eigenvalue weighted by molar-refractivity contribution is 9.25. The molecule has 0 spiro atoms. The number of carbonyl (C=O) groups excluding carboxylic acids is 2. The third-order valence-corrected chi connectivity index (χ3v) is 7.48. The van der Waals surface area contributed by atoms with E-state index in [1.165, 1.54) is 0 Å². The second kappa shape index (κ2) is 8.89. The standard InChI is InChI=1S/C22H23Br2N3O3/c1-14(26-27-20(29)21(2)13-22(21,23)24)16-5-4-6-17(12-16)25-19(28)11-15-7-9-18(30-3)10-8-15/h4-10,12H,11,13H2,1-3H3,(H,25,28)(H,27,29)/t21-/m1/s1. The van der Waals surface area contributed by atoms with Gasteiger partial charge in [0.2, 0.25) is 11.8 Å². The van der Waals surface area contributed by atoms with Crippen LogP contribution < -0.4 is 15.5 Å². The number of methoxy groups -OCH3 is 1. The minimum atomic E-state index is -0.534. The molecule has 1 atom stereocenters. The van der Waals surface area contributed by atoms with E-state index in [1.54, 1.807) is 7.11 Å². The van der Waals surface area contributed by atoms with E-state index in [0.717, 1.165) is 16.9 Å². The maximum atomic E-state index is 12.4. The van der Waals surface area contributed by atoms with Crippen LogP contribution in [-0.4, -0.2) is 27.9 Å². The molecule has 0 bridgehead atoms. The average molecular weight is 537 g/mol. The van der Waals surface area contributed by atoms with E-state index in [1.807, 2.05) is 62.4 Å². The third kappa shape index (κ3) is 5.10. The molecular formula is C22H23Br2N3O3. The number of hydrazone groups is 1. The number of hydrogen-bond acceptors (Lipinski definition) is 4. The minimum Gasteiger partial charge on any atom is -0.497 e. The largest absolute Gasteiger partial charge is 0.497 e. The Bertz CT molecular complexity index is 989. The molecule has 2 N–H and O–H groups in total. The lowest BCUT2D eigenvalue weighted by atomic mass is 10.1. The van der Waals surface area contributed by atoms with E-state index in [9.17, 15) is 9.59 Å². The zero-order valence-electron chi connectivity index (χ0n) is 17.0. The Morgan fingerprint density at radius 1 is 1.17 bits per heavy atom. The molecule has 0 aliphatic heterocycles. The van der Waals surface area contributed by atoms with Gasteiger partial charge in [0, 0.05) is 5.69 Å². The molecule has 1 saturated carbocycles. The van der Waals surface area contributed by atoms with Gasteiger partial charge in [-0.25, -0.2) is 5.43 Å². The molecule has 2 amide bonds. The zero-order chi connectivity index (χ0) is 21.9. The van der Waals surface area contributed by atoms with Crippen molar-refractivity contribution in [3.8, 4) is 5.75 Å². The SMILES string of the molecule is COc1ccc(CC(=O)Nc2cccc(C(C)=NNC(=O)[C@@]3(C)CC3(Br)Br)c2)cc1. The maximum Gasteiger partial charge on any atom is 0.248 e. The number of halogens is 2. The van der Waals surface area contributed by atoms with Crippen LogP contribution in [-0.2, 0) is 16.0 Å². The molecule has 2 aromatic rings. The summed E-state index contributed by atoms with van der Waals surface area (Å²) in [6, 6.07) is 14.7. The highest BCUT2D eigenvalue weighted by Gasteiger charge is 2.66. The summed E-state index contributed by atoms with van der Waals surface area (Å²) in [5.41, 5.74) is 5.12. The van der Waals surface area contributed by atoms with Crippen LogP contribution in [0.25, 0.3) is 0 Å². The molecule has 30 heavy (non-hydrogen) atoms. The first-order chi connectivity index (χ1) is 14.1. The Kier molecular flexibility index (Phi) is 6.67. The molecule has 0 heterocycles. The molecule has 0 aromatic heterocycles. The fraction of sp³-hybridized carbons (Fsp3) is 0.318. The van der Waals surface area contributed by atoms with Crippen LogP contribution >= 0.6 is 31.9 Å². The molecule has 1 aliphatic rings. The number of nitrogens with one attached hydrogen (secondary N) is 2. The number of ether oxygens (including phenoxy) is 1. The molecule has 6 nitrogen and oxygen atoms in total. The fourth-order valence-corrected chi connectivity index (χ4v) is 4.41. The van der Waals surface area contributed by atoms with Crippen LogP contribution in [0.4, 0.5) is 5.69 Å². The quantitative estimate of drug-likeness (QED) is 0.308. The first kappa shape index (κ1) is 22.5. The van der Waals surface area contributed by atoms with Crippen molar-refractivity contribution in [2.24, 2.45) is 10.5 Å². The van der Waals surface area contributed by atoms with E-state index >= 15 is 0 Å². The number of benzene rings is 2. The topological polar surface area (TPSA) is 79.8 Å². The van der Waals surface area contributed by atoms with Crippen molar-refractivity contribution in [2.45, 2.75) is 29.9 Å². The lowest BCUT2D eigenvalue weighted by Crippen LogP contribution is -2.30. The van der Waals surface area contributed by atoms with Gasteiger partial charge in [0.1, 0.15) is 5.75 Å².